The molecule has 4 aliphatic heterocycles. The fourth-order valence-electron chi connectivity index (χ4n) is 8.35. The van der Waals surface area contributed by atoms with Crippen LogP contribution in [-0.2, 0) is 11.2 Å². The zero-order valence-electron chi connectivity index (χ0n) is 26.1. The summed E-state index contributed by atoms with van der Waals surface area (Å²) in [6.07, 6.45) is 2.45. The molecule has 9 nitrogen and oxygen atoms in total. The van der Waals surface area contributed by atoms with E-state index in [4.69, 9.17) is 14.5 Å². The maximum absolute atomic E-state index is 17.0. The lowest BCUT2D eigenvalue weighted by molar-refractivity contribution is 0.0445. The van der Waals surface area contributed by atoms with Crippen LogP contribution < -0.4 is 15.0 Å². The van der Waals surface area contributed by atoms with Gasteiger partial charge in [0.1, 0.15) is 41.3 Å². The highest BCUT2D eigenvalue weighted by Crippen LogP contribution is 2.43. The van der Waals surface area contributed by atoms with E-state index in [1.54, 1.807) is 18.2 Å². The normalized spacial score (nSPS) is 25.9. The van der Waals surface area contributed by atoms with Crippen LogP contribution in [0.5, 0.6) is 11.8 Å². The van der Waals surface area contributed by atoms with E-state index in [0.29, 0.717) is 85.0 Å². The zero-order valence-corrected chi connectivity index (χ0v) is 26.1. The van der Waals surface area contributed by atoms with Crippen molar-refractivity contribution in [1.29, 1.82) is 0 Å². The van der Waals surface area contributed by atoms with Gasteiger partial charge in [0, 0.05) is 30.5 Å². The molecule has 0 bridgehead atoms. The molecule has 47 heavy (non-hydrogen) atoms. The third-order valence-electron chi connectivity index (χ3n) is 10.5. The van der Waals surface area contributed by atoms with Crippen molar-refractivity contribution in [2.45, 2.75) is 62.8 Å². The molecule has 0 radical (unpaired) electrons. The zero-order chi connectivity index (χ0) is 32.5. The number of hydrogen-bond acceptors (Lipinski definition) is 8. The average molecular weight is 648 g/mol. The van der Waals surface area contributed by atoms with E-state index in [-0.39, 0.29) is 29.4 Å². The van der Waals surface area contributed by atoms with Crippen molar-refractivity contribution >= 4 is 33.6 Å². The number of rotatable bonds is 6. The Morgan fingerprint density at radius 3 is 2.77 bits per heavy atom. The van der Waals surface area contributed by atoms with E-state index in [0.717, 1.165) is 19.4 Å². The molecule has 5 heterocycles. The molecule has 0 saturated carbocycles. The number of nitrogens with zero attached hydrogens (tertiary/aromatic N) is 4. The van der Waals surface area contributed by atoms with Gasteiger partial charge in [0.25, 0.3) is 0 Å². The van der Waals surface area contributed by atoms with Crippen LogP contribution in [-0.4, -0.2) is 82.7 Å². The number of halogens is 3. The first-order chi connectivity index (χ1) is 22.7. The summed E-state index contributed by atoms with van der Waals surface area (Å²) in [5.74, 6) is -0.707. The van der Waals surface area contributed by atoms with Crippen molar-refractivity contribution in [3.05, 3.63) is 53.6 Å². The number of alkyl carbamates (subject to hydrolysis) is 1. The monoisotopic (exact) mass is 647 g/mol. The predicted molar refractivity (Wildman–Crippen MR) is 171 cm³/mol. The van der Waals surface area contributed by atoms with Crippen molar-refractivity contribution in [2.24, 2.45) is 0 Å². The van der Waals surface area contributed by atoms with Gasteiger partial charge in [-0.15, -0.1) is 0 Å². The molecule has 1 amide bonds. The van der Waals surface area contributed by atoms with Crippen LogP contribution in [0.3, 0.4) is 0 Å². The molecule has 1 unspecified atom stereocenters. The third-order valence-corrected chi connectivity index (χ3v) is 10.5. The molecule has 2 N–H and O–H groups in total. The number of aromatic nitrogens is 2. The van der Waals surface area contributed by atoms with Crippen molar-refractivity contribution < 1.29 is 32.5 Å². The quantitative estimate of drug-likeness (QED) is 0.262. The number of hydrogen-bond donors (Lipinski definition) is 2. The maximum Gasteiger partial charge on any atom is 0.407 e. The van der Waals surface area contributed by atoms with Crippen LogP contribution in [0.15, 0.2) is 36.4 Å². The lowest BCUT2D eigenvalue weighted by Gasteiger charge is -2.39. The molecular formula is C35H36F3N5O4. The van der Waals surface area contributed by atoms with Crippen LogP contribution in [0.25, 0.3) is 32.8 Å². The number of carbonyl (C=O) groups is 1. The molecule has 4 aliphatic rings. The number of anilines is 1. The van der Waals surface area contributed by atoms with Gasteiger partial charge in [0.15, 0.2) is 5.82 Å². The Morgan fingerprint density at radius 1 is 1.11 bits per heavy atom. The molecule has 3 atom stereocenters. The van der Waals surface area contributed by atoms with Gasteiger partial charge >= 0.3 is 12.1 Å². The van der Waals surface area contributed by atoms with Crippen LogP contribution in [0.1, 0.15) is 44.6 Å². The SMILES string of the molecule is CCc1c(F)ccc2cc(O)cc(-c3ccc4c(N5CCCC6(CNC(=O)O6)C5)nc(OC[C@@]56CCCN5C[C@H](F)C6)nc4c3F)c12. The number of fused-ring (bicyclic) bond motifs is 3. The van der Waals surface area contributed by atoms with Crippen LogP contribution in [0.4, 0.5) is 23.8 Å². The highest BCUT2D eigenvalue weighted by molar-refractivity contribution is 6.03. The third kappa shape index (κ3) is 4.99. The number of aromatic hydroxyl groups is 1. The lowest BCUT2D eigenvalue weighted by Crippen LogP contribution is -2.51. The Kier molecular flexibility index (Phi) is 7.12. The highest BCUT2D eigenvalue weighted by Gasteiger charge is 2.49. The van der Waals surface area contributed by atoms with E-state index >= 15 is 4.39 Å². The second kappa shape index (κ2) is 11.1. The molecule has 246 valence electrons. The number of alkyl halides is 1. The van der Waals surface area contributed by atoms with E-state index in [2.05, 4.69) is 15.2 Å². The van der Waals surface area contributed by atoms with E-state index < -0.39 is 35.0 Å². The molecular weight excluding hydrogens is 611 g/mol. The van der Waals surface area contributed by atoms with Gasteiger partial charge in [-0.1, -0.05) is 19.1 Å². The molecule has 1 spiro atoms. The van der Waals surface area contributed by atoms with Crippen molar-refractivity contribution in [3.8, 4) is 22.9 Å². The summed E-state index contributed by atoms with van der Waals surface area (Å²) in [6, 6.07) is 9.22. The molecule has 0 aliphatic carbocycles. The van der Waals surface area contributed by atoms with Crippen molar-refractivity contribution in [2.75, 3.05) is 44.2 Å². The number of nitrogens with one attached hydrogen (secondary N) is 1. The van der Waals surface area contributed by atoms with Gasteiger partial charge in [0.2, 0.25) is 0 Å². The molecule has 8 rings (SSSR count). The van der Waals surface area contributed by atoms with Gasteiger partial charge < -0.3 is 24.8 Å². The Labute approximate surface area is 269 Å². The first-order valence-electron chi connectivity index (χ1n) is 16.4. The van der Waals surface area contributed by atoms with Gasteiger partial charge in [-0.25, -0.2) is 18.0 Å². The fraction of sp³-hybridized carbons (Fsp3) is 0.457. The number of phenols is 1. The van der Waals surface area contributed by atoms with E-state index in [9.17, 15) is 18.7 Å². The lowest BCUT2D eigenvalue weighted by atomic mass is 9.91. The van der Waals surface area contributed by atoms with Gasteiger partial charge in [0.05, 0.1) is 18.6 Å². The molecule has 4 fully saturated rings. The Morgan fingerprint density at radius 2 is 1.96 bits per heavy atom. The average Bonchev–Trinajstić information content (AvgIpc) is 3.71. The minimum absolute atomic E-state index is 0.00479. The first-order valence-corrected chi connectivity index (χ1v) is 16.4. The minimum atomic E-state index is -0.936. The summed E-state index contributed by atoms with van der Waals surface area (Å²) in [4.78, 5) is 25.5. The number of aryl methyl sites for hydroxylation is 1. The predicted octanol–water partition coefficient (Wildman–Crippen LogP) is 6.03. The summed E-state index contributed by atoms with van der Waals surface area (Å²) in [5.41, 5.74) is -0.278. The second-order valence-electron chi connectivity index (χ2n) is 13.4. The van der Waals surface area contributed by atoms with E-state index in [1.165, 1.54) is 18.2 Å². The fourth-order valence-corrected chi connectivity index (χ4v) is 8.35. The van der Waals surface area contributed by atoms with Gasteiger partial charge in [-0.3, -0.25) is 4.90 Å². The number of ether oxygens (including phenoxy) is 2. The Balaban J connectivity index is 1.27. The minimum Gasteiger partial charge on any atom is -0.508 e. The summed E-state index contributed by atoms with van der Waals surface area (Å²) in [5, 5.41) is 14.9. The van der Waals surface area contributed by atoms with Crippen molar-refractivity contribution in [3.63, 3.8) is 0 Å². The van der Waals surface area contributed by atoms with Crippen LogP contribution >= 0.6 is 0 Å². The molecule has 3 aromatic carbocycles. The van der Waals surface area contributed by atoms with Crippen LogP contribution in [0.2, 0.25) is 0 Å². The van der Waals surface area contributed by atoms with Crippen molar-refractivity contribution in [1.82, 2.24) is 20.2 Å². The summed E-state index contributed by atoms with van der Waals surface area (Å²) >= 11 is 0. The second-order valence-corrected chi connectivity index (χ2v) is 13.4. The smallest absolute Gasteiger partial charge is 0.407 e. The highest BCUT2D eigenvalue weighted by atomic mass is 19.1. The topological polar surface area (TPSA) is 100 Å². The summed E-state index contributed by atoms with van der Waals surface area (Å²) in [6.45, 7) is 4.46. The number of amides is 1. The summed E-state index contributed by atoms with van der Waals surface area (Å²) < 4.78 is 58.4. The first kappa shape index (κ1) is 30.0. The van der Waals surface area contributed by atoms with Crippen LogP contribution in [0, 0.1) is 11.6 Å². The molecule has 4 aromatic rings. The largest absolute Gasteiger partial charge is 0.508 e. The standard InChI is InChI=1S/C35H36F3N5O4/c1-2-23-27(37)8-5-20-13-22(44)14-26(28(20)23)24-6-7-25-30(29(24)38)40-32(46-19-34-9-3-12-43(34)16-21(36)15-34)41-31(25)42-11-4-10-35(18-42)17-39-33(45)47-35/h5-8,13-14,21,44H,2-4,9-12,15-19H2,1H3,(H,39,45)/t21-,34+,35?/m1/s1. The Bertz CT molecular complexity index is 1930. The maximum atomic E-state index is 17.0. The molecule has 12 heteroatoms. The van der Waals surface area contributed by atoms with Gasteiger partial charge in [-0.05, 0) is 84.8 Å². The Hall–Kier alpha value is -4.32. The van der Waals surface area contributed by atoms with E-state index in [1.807, 2.05) is 11.8 Å². The molecule has 1 aromatic heterocycles. The summed E-state index contributed by atoms with van der Waals surface area (Å²) in [7, 11) is 0. The molecule has 4 saturated heterocycles. The van der Waals surface area contributed by atoms with Gasteiger partial charge in [-0.2, -0.15) is 9.97 Å². The number of piperidine rings is 1. The number of carbonyl (C=O) groups excluding carboxylic acids is 1. The number of benzene rings is 3. The number of phenolic OH excluding ortho intramolecular Hbond substituents is 1.